The summed E-state index contributed by atoms with van der Waals surface area (Å²) in [5.74, 6) is 0.0944. The molecule has 1 aliphatic heterocycles. The van der Waals surface area contributed by atoms with Crippen molar-refractivity contribution in [1.82, 2.24) is 20.0 Å². The second kappa shape index (κ2) is 4.72. The van der Waals surface area contributed by atoms with Gasteiger partial charge in [-0.05, 0) is 18.9 Å². The molecule has 2 aliphatic rings. The average molecular weight is 248 g/mol. The predicted molar refractivity (Wildman–Crippen MR) is 68.0 cm³/mol. The first-order valence-electron chi connectivity index (χ1n) is 6.75. The van der Waals surface area contributed by atoms with Crippen molar-refractivity contribution in [3.8, 4) is 0 Å². The van der Waals surface area contributed by atoms with E-state index in [4.69, 9.17) is 0 Å². The molecule has 0 aromatic carbocycles. The fourth-order valence-electron chi connectivity index (χ4n) is 2.91. The lowest BCUT2D eigenvalue weighted by atomic mass is 9.90. The minimum atomic E-state index is 0.0944. The number of fused-ring (bicyclic) bond motifs is 1. The third kappa shape index (κ3) is 2.03. The molecule has 1 amide bonds. The van der Waals surface area contributed by atoms with Crippen LogP contribution in [0.25, 0.3) is 0 Å². The van der Waals surface area contributed by atoms with Crippen LogP contribution in [0.2, 0.25) is 0 Å². The fourth-order valence-corrected chi connectivity index (χ4v) is 2.91. The highest BCUT2D eigenvalue weighted by atomic mass is 16.1. The van der Waals surface area contributed by atoms with Crippen molar-refractivity contribution in [1.29, 1.82) is 0 Å². The first-order valence-corrected chi connectivity index (χ1v) is 6.75. The second-order valence-electron chi connectivity index (χ2n) is 5.31. The number of carbonyl (C=O) groups excluding carboxylic acids is 1. The summed E-state index contributed by atoms with van der Waals surface area (Å²) in [6.07, 6.45) is 6.33. The number of hydrogen-bond acceptors (Lipinski definition) is 3. The Morgan fingerprint density at radius 1 is 1.56 bits per heavy atom. The van der Waals surface area contributed by atoms with Crippen LogP contribution in [0.15, 0.2) is 12.3 Å². The molecular weight excluding hydrogens is 228 g/mol. The van der Waals surface area contributed by atoms with Crippen LogP contribution in [0, 0.1) is 0 Å². The lowest BCUT2D eigenvalue weighted by Gasteiger charge is -2.42. The Labute approximate surface area is 107 Å². The quantitative estimate of drug-likeness (QED) is 0.865. The summed E-state index contributed by atoms with van der Waals surface area (Å²) < 4.78 is 2.03. The van der Waals surface area contributed by atoms with Gasteiger partial charge in [-0.3, -0.25) is 14.4 Å². The van der Waals surface area contributed by atoms with Gasteiger partial charge in [0.1, 0.15) is 0 Å². The molecule has 5 heteroatoms. The van der Waals surface area contributed by atoms with Crippen LogP contribution >= 0.6 is 0 Å². The first kappa shape index (κ1) is 11.7. The molecule has 1 fully saturated rings. The predicted octanol–water partition coefficient (Wildman–Crippen LogP) is 0.928. The van der Waals surface area contributed by atoms with Crippen molar-refractivity contribution in [3.63, 3.8) is 0 Å². The maximum atomic E-state index is 11.6. The van der Waals surface area contributed by atoms with Gasteiger partial charge in [0.05, 0.1) is 18.2 Å². The maximum Gasteiger partial charge on any atom is 0.221 e. The number of rotatable bonds is 3. The number of hydrogen-bond donors (Lipinski definition) is 1. The van der Waals surface area contributed by atoms with Gasteiger partial charge in [0.25, 0.3) is 0 Å². The fraction of sp³-hybridized carbons (Fsp3) is 0.692. The Bertz CT molecular complexity index is 438. The largest absolute Gasteiger partial charge is 0.359 e. The lowest BCUT2D eigenvalue weighted by Crippen LogP contribution is -2.47. The van der Waals surface area contributed by atoms with Gasteiger partial charge in [0, 0.05) is 32.4 Å². The summed E-state index contributed by atoms with van der Waals surface area (Å²) in [6.45, 7) is 1.93. The summed E-state index contributed by atoms with van der Waals surface area (Å²) in [7, 11) is 1.69. The highest BCUT2D eigenvalue weighted by Gasteiger charge is 2.33. The maximum absolute atomic E-state index is 11.6. The van der Waals surface area contributed by atoms with Crippen LogP contribution in [0.4, 0.5) is 0 Å². The van der Waals surface area contributed by atoms with Crippen molar-refractivity contribution in [3.05, 3.63) is 18.0 Å². The van der Waals surface area contributed by atoms with Gasteiger partial charge in [-0.2, -0.15) is 5.10 Å². The SMILES string of the molecule is CNC(=O)C[C@H]1CN(C2CCC2)Cc2ccnn21. The molecule has 1 aromatic rings. The van der Waals surface area contributed by atoms with Gasteiger partial charge in [0.15, 0.2) is 0 Å². The van der Waals surface area contributed by atoms with E-state index >= 15 is 0 Å². The molecule has 1 saturated carbocycles. The number of carbonyl (C=O) groups is 1. The zero-order valence-corrected chi connectivity index (χ0v) is 10.8. The normalized spacial score (nSPS) is 24.4. The van der Waals surface area contributed by atoms with Gasteiger partial charge in [0.2, 0.25) is 5.91 Å². The molecule has 0 bridgehead atoms. The van der Waals surface area contributed by atoms with E-state index in [2.05, 4.69) is 21.4 Å². The van der Waals surface area contributed by atoms with Gasteiger partial charge < -0.3 is 5.32 Å². The van der Waals surface area contributed by atoms with E-state index in [-0.39, 0.29) is 11.9 Å². The highest BCUT2D eigenvalue weighted by molar-refractivity contribution is 5.76. The first-order chi connectivity index (χ1) is 8.78. The van der Waals surface area contributed by atoms with Gasteiger partial charge in [-0.15, -0.1) is 0 Å². The summed E-state index contributed by atoms with van der Waals surface area (Å²) in [4.78, 5) is 14.1. The van der Waals surface area contributed by atoms with Crippen molar-refractivity contribution in [2.24, 2.45) is 0 Å². The Hall–Kier alpha value is -1.36. The summed E-state index contributed by atoms with van der Waals surface area (Å²) in [5, 5.41) is 7.08. The highest BCUT2D eigenvalue weighted by Crippen LogP contribution is 2.31. The molecule has 0 unspecified atom stereocenters. The molecule has 3 rings (SSSR count). The van der Waals surface area contributed by atoms with Crippen LogP contribution in [-0.2, 0) is 11.3 Å². The third-order valence-corrected chi connectivity index (χ3v) is 4.20. The molecule has 2 heterocycles. The van der Waals surface area contributed by atoms with Crippen LogP contribution in [-0.4, -0.2) is 40.2 Å². The molecule has 98 valence electrons. The van der Waals surface area contributed by atoms with Crippen LogP contribution in [0.3, 0.4) is 0 Å². The Balaban J connectivity index is 1.77. The number of aromatic nitrogens is 2. The molecule has 1 aliphatic carbocycles. The number of nitrogens with one attached hydrogen (secondary N) is 1. The summed E-state index contributed by atoms with van der Waals surface area (Å²) >= 11 is 0. The minimum Gasteiger partial charge on any atom is -0.359 e. The average Bonchev–Trinajstić information content (AvgIpc) is 2.75. The molecule has 1 N–H and O–H groups in total. The molecule has 1 aromatic heterocycles. The smallest absolute Gasteiger partial charge is 0.221 e. The monoisotopic (exact) mass is 248 g/mol. The van der Waals surface area contributed by atoms with E-state index in [1.165, 1.54) is 25.0 Å². The molecule has 5 nitrogen and oxygen atoms in total. The Kier molecular flexibility index (Phi) is 3.07. The Morgan fingerprint density at radius 3 is 3.06 bits per heavy atom. The number of amides is 1. The van der Waals surface area contributed by atoms with E-state index in [9.17, 15) is 4.79 Å². The van der Waals surface area contributed by atoms with Gasteiger partial charge >= 0.3 is 0 Å². The number of nitrogens with zero attached hydrogens (tertiary/aromatic N) is 3. The van der Waals surface area contributed by atoms with Gasteiger partial charge in [-0.25, -0.2) is 0 Å². The van der Waals surface area contributed by atoms with E-state index in [1.54, 1.807) is 7.05 Å². The van der Waals surface area contributed by atoms with Crippen molar-refractivity contribution < 1.29 is 4.79 Å². The van der Waals surface area contributed by atoms with E-state index in [1.807, 2.05) is 10.9 Å². The van der Waals surface area contributed by atoms with Crippen LogP contribution in [0.1, 0.15) is 37.4 Å². The Morgan fingerprint density at radius 2 is 2.39 bits per heavy atom. The topological polar surface area (TPSA) is 50.2 Å². The molecule has 0 spiro atoms. The van der Waals surface area contributed by atoms with Gasteiger partial charge in [-0.1, -0.05) is 6.42 Å². The third-order valence-electron chi connectivity index (χ3n) is 4.20. The van der Waals surface area contributed by atoms with E-state index in [0.717, 1.165) is 19.1 Å². The second-order valence-corrected chi connectivity index (χ2v) is 5.31. The zero-order chi connectivity index (χ0) is 12.5. The van der Waals surface area contributed by atoms with Crippen LogP contribution in [0.5, 0.6) is 0 Å². The van der Waals surface area contributed by atoms with E-state index in [0.29, 0.717) is 6.42 Å². The minimum absolute atomic E-state index is 0.0944. The standard InChI is InChI=1S/C13H20N4O/c1-14-13(18)7-12-9-16(10-3-2-4-10)8-11-5-6-15-17(11)12/h5-6,10,12H,2-4,7-9H2,1H3,(H,14,18)/t12-/m0/s1. The molecule has 18 heavy (non-hydrogen) atoms. The molecule has 0 radical (unpaired) electrons. The van der Waals surface area contributed by atoms with Crippen molar-refractivity contribution >= 4 is 5.91 Å². The van der Waals surface area contributed by atoms with E-state index < -0.39 is 0 Å². The molecule has 0 saturated heterocycles. The van der Waals surface area contributed by atoms with Crippen molar-refractivity contribution in [2.45, 2.75) is 44.3 Å². The summed E-state index contributed by atoms with van der Waals surface area (Å²) in [6, 6.07) is 2.98. The zero-order valence-electron chi connectivity index (χ0n) is 10.8. The van der Waals surface area contributed by atoms with Crippen LogP contribution < -0.4 is 5.32 Å². The molecule has 1 atom stereocenters. The summed E-state index contributed by atoms with van der Waals surface area (Å²) in [5.41, 5.74) is 1.24. The lowest BCUT2D eigenvalue weighted by molar-refractivity contribution is -0.121. The van der Waals surface area contributed by atoms with Crippen molar-refractivity contribution in [2.75, 3.05) is 13.6 Å². The molecular formula is C13H20N4O.